The van der Waals surface area contributed by atoms with E-state index >= 15 is 0 Å². The minimum atomic E-state index is -0.191. The highest BCUT2D eigenvalue weighted by molar-refractivity contribution is 5.98. The molecule has 4 rings (SSSR count). The van der Waals surface area contributed by atoms with Crippen molar-refractivity contribution >= 4 is 23.2 Å². The number of benzene rings is 2. The molecular formula is C21H23N3O4. The molecule has 0 unspecified atom stereocenters. The van der Waals surface area contributed by atoms with Crippen molar-refractivity contribution in [3.8, 4) is 5.75 Å². The van der Waals surface area contributed by atoms with Crippen molar-refractivity contribution in [1.29, 1.82) is 0 Å². The second kappa shape index (κ2) is 7.90. The van der Waals surface area contributed by atoms with Crippen LogP contribution in [0.25, 0.3) is 0 Å². The van der Waals surface area contributed by atoms with Gasteiger partial charge in [-0.25, -0.2) is 0 Å². The Kier molecular flexibility index (Phi) is 5.16. The van der Waals surface area contributed by atoms with Gasteiger partial charge >= 0.3 is 0 Å². The van der Waals surface area contributed by atoms with E-state index in [9.17, 15) is 9.59 Å². The van der Waals surface area contributed by atoms with Gasteiger partial charge in [0.25, 0.3) is 11.8 Å². The Hall–Kier alpha value is -3.06. The number of morpholine rings is 1. The SMILES string of the molecule is CN(Cc1ccc(N2CCOCC2)cc1)C(=O)c1ccc2c(c1)OCC(=O)N2. The molecule has 0 aliphatic carbocycles. The highest BCUT2D eigenvalue weighted by Crippen LogP contribution is 2.29. The van der Waals surface area contributed by atoms with E-state index in [-0.39, 0.29) is 18.4 Å². The Bertz CT molecular complexity index is 876. The summed E-state index contributed by atoms with van der Waals surface area (Å²) >= 11 is 0. The fraction of sp³-hybridized carbons (Fsp3) is 0.333. The molecule has 2 amide bonds. The zero-order chi connectivity index (χ0) is 19.5. The monoisotopic (exact) mass is 381 g/mol. The van der Waals surface area contributed by atoms with Gasteiger partial charge in [0.15, 0.2) is 6.61 Å². The molecule has 2 aromatic rings. The Morgan fingerprint density at radius 1 is 1.14 bits per heavy atom. The van der Waals surface area contributed by atoms with Crippen LogP contribution in [0, 0.1) is 0 Å². The minimum Gasteiger partial charge on any atom is -0.482 e. The van der Waals surface area contributed by atoms with E-state index in [1.165, 1.54) is 5.69 Å². The highest BCUT2D eigenvalue weighted by atomic mass is 16.5. The fourth-order valence-electron chi connectivity index (χ4n) is 3.41. The van der Waals surface area contributed by atoms with Gasteiger partial charge in [-0.2, -0.15) is 0 Å². The van der Waals surface area contributed by atoms with E-state index < -0.39 is 0 Å². The molecule has 146 valence electrons. The molecule has 0 atom stereocenters. The maximum atomic E-state index is 12.8. The van der Waals surface area contributed by atoms with Gasteiger partial charge in [0.1, 0.15) is 5.75 Å². The summed E-state index contributed by atoms with van der Waals surface area (Å²) in [5.74, 6) is 0.235. The number of carbonyl (C=O) groups excluding carboxylic acids is 2. The van der Waals surface area contributed by atoms with Crippen molar-refractivity contribution < 1.29 is 19.1 Å². The Morgan fingerprint density at radius 3 is 2.64 bits per heavy atom. The van der Waals surface area contributed by atoms with Crippen LogP contribution in [-0.4, -0.2) is 56.7 Å². The number of carbonyl (C=O) groups is 2. The third-order valence-electron chi connectivity index (χ3n) is 4.94. The third-order valence-corrected chi connectivity index (χ3v) is 4.94. The van der Waals surface area contributed by atoms with E-state index in [0.717, 1.165) is 31.9 Å². The van der Waals surface area contributed by atoms with Gasteiger partial charge in [0.2, 0.25) is 0 Å². The zero-order valence-electron chi connectivity index (χ0n) is 15.8. The smallest absolute Gasteiger partial charge is 0.262 e. The van der Waals surface area contributed by atoms with Crippen molar-refractivity contribution in [3.05, 3.63) is 53.6 Å². The molecule has 0 bridgehead atoms. The van der Waals surface area contributed by atoms with Crippen LogP contribution in [0.1, 0.15) is 15.9 Å². The summed E-state index contributed by atoms with van der Waals surface area (Å²) in [5, 5.41) is 2.73. The normalized spacial score (nSPS) is 16.0. The van der Waals surface area contributed by atoms with Gasteiger partial charge in [-0.3, -0.25) is 9.59 Å². The molecule has 0 spiro atoms. The van der Waals surface area contributed by atoms with Crippen molar-refractivity contribution in [3.63, 3.8) is 0 Å². The average Bonchev–Trinajstić information content (AvgIpc) is 2.74. The predicted octanol–water partition coefficient (Wildman–Crippen LogP) is 2.13. The maximum Gasteiger partial charge on any atom is 0.262 e. The van der Waals surface area contributed by atoms with Crippen LogP contribution in [0.15, 0.2) is 42.5 Å². The van der Waals surface area contributed by atoms with Crippen molar-refractivity contribution in [2.75, 3.05) is 50.2 Å². The number of hydrogen-bond donors (Lipinski definition) is 1. The summed E-state index contributed by atoms with van der Waals surface area (Å²) in [6.45, 7) is 3.80. The van der Waals surface area contributed by atoms with Gasteiger partial charge < -0.3 is 24.6 Å². The lowest BCUT2D eigenvalue weighted by Crippen LogP contribution is -2.36. The number of amides is 2. The van der Waals surface area contributed by atoms with Gasteiger partial charge in [-0.1, -0.05) is 12.1 Å². The highest BCUT2D eigenvalue weighted by Gasteiger charge is 2.19. The third kappa shape index (κ3) is 3.94. The van der Waals surface area contributed by atoms with Gasteiger partial charge in [-0.05, 0) is 35.9 Å². The minimum absolute atomic E-state index is 0.0318. The molecule has 2 aliphatic heterocycles. The van der Waals surface area contributed by atoms with E-state index in [1.54, 1.807) is 30.1 Å². The van der Waals surface area contributed by atoms with Crippen LogP contribution in [0.4, 0.5) is 11.4 Å². The van der Waals surface area contributed by atoms with E-state index in [2.05, 4.69) is 34.5 Å². The first kappa shape index (κ1) is 18.3. The van der Waals surface area contributed by atoms with Crippen LogP contribution in [-0.2, 0) is 16.1 Å². The lowest BCUT2D eigenvalue weighted by molar-refractivity contribution is -0.118. The summed E-state index contributed by atoms with van der Waals surface area (Å²) in [6.07, 6.45) is 0. The quantitative estimate of drug-likeness (QED) is 0.879. The summed E-state index contributed by atoms with van der Waals surface area (Å²) in [7, 11) is 1.78. The molecule has 1 saturated heterocycles. The number of rotatable bonds is 4. The van der Waals surface area contributed by atoms with Crippen LogP contribution in [0.5, 0.6) is 5.75 Å². The van der Waals surface area contributed by atoms with Crippen LogP contribution in [0.2, 0.25) is 0 Å². The van der Waals surface area contributed by atoms with E-state index in [4.69, 9.17) is 9.47 Å². The van der Waals surface area contributed by atoms with E-state index in [1.807, 2.05) is 0 Å². The first-order chi connectivity index (χ1) is 13.6. The number of nitrogens with zero attached hydrogens (tertiary/aromatic N) is 2. The topological polar surface area (TPSA) is 71.1 Å². The van der Waals surface area contributed by atoms with Crippen LogP contribution >= 0.6 is 0 Å². The van der Waals surface area contributed by atoms with E-state index in [0.29, 0.717) is 23.5 Å². The van der Waals surface area contributed by atoms with Gasteiger partial charge in [-0.15, -0.1) is 0 Å². The van der Waals surface area contributed by atoms with Gasteiger partial charge in [0, 0.05) is 37.9 Å². The first-order valence-electron chi connectivity index (χ1n) is 9.34. The second-order valence-electron chi connectivity index (χ2n) is 6.97. The molecule has 28 heavy (non-hydrogen) atoms. The standard InChI is InChI=1S/C21H23N3O4/c1-23(13-15-2-5-17(6-3-15)24-8-10-27-11-9-24)21(26)16-4-7-18-19(12-16)28-14-20(25)22-18/h2-7,12H,8-11,13-14H2,1H3,(H,22,25). The van der Waals surface area contributed by atoms with Gasteiger partial charge in [0.05, 0.1) is 18.9 Å². The summed E-state index contributed by atoms with van der Waals surface area (Å²) in [4.78, 5) is 28.1. The second-order valence-corrected chi connectivity index (χ2v) is 6.97. The number of fused-ring (bicyclic) bond motifs is 1. The van der Waals surface area contributed by atoms with Crippen molar-refractivity contribution in [2.24, 2.45) is 0 Å². The number of nitrogens with one attached hydrogen (secondary N) is 1. The Labute approximate surface area is 163 Å². The average molecular weight is 381 g/mol. The van der Waals surface area contributed by atoms with Crippen LogP contribution < -0.4 is 15.0 Å². The molecule has 2 heterocycles. The molecular weight excluding hydrogens is 358 g/mol. The molecule has 7 nitrogen and oxygen atoms in total. The molecule has 0 saturated carbocycles. The molecule has 0 aromatic heterocycles. The molecule has 0 radical (unpaired) electrons. The van der Waals surface area contributed by atoms with Crippen molar-refractivity contribution in [2.45, 2.75) is 6.54 Å². The molecule has 2 aromatic carbocycles. The summed E-state index contributed by atoms with van der Waals surface area (Å²) in [5.41, 5.74) is 3.36. The number of hydrogen-bond acceptors (Lipinski definition) is 5. The predicted molar refractivity (Wildman–Crippen MR) is 106 cm³/mol. The molecule has 1 N–H and O–H groups in total. The lowest BCUT2D eigenvalue weighted by Gasteiger charge is -2.29. The largest absolute Gasteiger partial charge is 0.482 e. The Balaban J connectivity index is 1.41. The number of ether oxygens (including phenoxy) is 2. The zero-order valence-corrected chi connectivity index (χ0v) is 15.8. The maximum absolute atomic E-state index is 12.8. The molecule has 7 heteroatoms. The summed E-state index contributed by atoms with van der Waals surface area (Å²) in [6, 6.07) is 13.4. The molecule has 2 aliphatic rings. The fourth-order valence-corrected chi connectivity index (χ4v) is 3.41. The molecule has 1 fully saturated rings. The van der Waals surface area contributed by atoms with Crippen molar-refractivity contribution in [1.82, 2.24) is 4.90 Å². The number of anilines is 2. The summed E-state index contributed by atoms with van der Waals surface area (Å²) < 4.78 is 10.8. The lowest BCUT2D eigenvalue weighted by atomic mass is 10.1. The Morgan fingerprint density at radius 2 is 1.89 bits per heavy atom. The first-order valence-corrected chi connectivity index (χ1v) is 9.34. The van der Waals surface area contributed by atoms with Crippen LogP contribution in [0.3, 0.4) is 0 Å².